The summed E-state index contributed by atoms with van der Waals surface area (Å²) >= 11 is 0. The summed E-state index contributed by atoms with van der Waals surface area (Å²) in [6.07, 6.45) is 1.14. The monoisotopic (exact) mass is 314 g/mol. The number of nitrogens with zero attached hydrogens (tertiary/aromatic N) is 2. The Morgan fingerprint density at radius 1 is 1.35 bits per heavy atom. The Bertz CT molecular complexity index is 745. The first-order valence-electron chi connectivity index (χ1n) is 8.42. The Hall–Kier alpha value is -1.81. The molecular weight excluding hydrogens is 288 g/mol. The average molecular weight is 314 g/mol. The maximum absolute atomic E-state index is 11.8. The lowest BCUT2D eigenvalue weighted by atomic mass is 9.98. The molecule has 1 saturated heterocycles. The maximum Gasteiger partial charge on any atom is 0.352 e. The van der Waals surface area contributed by atoms with Crippen LogP contribution in [0.15, 0.2) is 18.2 Å². The fraction of sp³-hybridized carbons (Fsp3) is 0.526. The third kappa shape index (κ3) is 3.00. The highest BCUT2D eigenvalue weighted by molar-refractivity contribution is 5.96. The van der Waals surface area contributed by atoms with E-state index in [-0.39, 0.29) is 0 Å². The zero-order valence-electron chi connectivity index (χ0n) is 14.5. The molecule has 1 aromatic heterocycles. The van der Waals surface area contributed by atoms with Crippen LogP contribution in [-0.4, -0.2) is 40.7 Å². The fourth-order valence-electron chi connectivity index (χ4n) is 3.84. The first kappa shape index (κ1) is 16.1. The van der Waals surface area contributed by atoms with Gasteiger partial charge in [-0.1, -0.05) is 25.5 Å². The van der Waals surface area contributed by atoms with Gasteiger partial charge in [-0.25, -0.2) is 4.79 Å². The molecule has 0 amide bonds. The van der Waals surface area contributed by atoms with Crippen molar-refractivity contribution in [3.8, 4) is 0 Å². The van der Waals surface area contributed by atoms with Gasteiger partial charge in [-0.05, 0) is 56.5 Å². The number of aromatic carboxylic acids is 1. The summed E-state index contributed by atoms with van der Waals surface area (Å²) in [6, 6.07) is 6.15. The molecule has 1 aliphatic rings. The van der Waals surface area contributed by atoms with E-state index in [4.69, 9.17) is 0 Å². The molecule has 1 aliphatic heterocycles. The molecule has 0 bridgehead atoms. The summed E-state index contributed by atoms with van der Waals surface area (Å²) in [6.45, 7) is 9.36. The normalized spacial score (nSPS) is 19.1. The van der Waals surface area contributed by atoms with Crippen LogP contribution >= 0.6 is 0 Å². The molecule has 4 nitrogen and oxygen atoms in total. The van der Waals surface area contributed by atoms with E-state index in [0.29, 0.717) is 17.5 Å². The summed E-state index contributed by atoms with van der Waals surface area (Å²) < 4.78 is 2.05. The molecule has 2 heterocycles. The van der Waals surface area contributed by atoms with Gasteiger partial charge in [0.1, 0.15) is 5.69 Å². The molecular formula is C19H26N2O2. The second kappa shape index (κ2) is 6.00. The lowest BCUT2D eigenvalue weighted by Crippen LogP contribution is -2.19. The van der Waals surface area contributed by atoms with E-state index in [1.165, 1.54) is 11.1 Å². The smallest absolute Gasteiger partial charge is 0.352 e. The van der Waals surface area contributed by atoms with Gasteiger partial charge in [-0.15, -0.1) is 0 Å². The highest BCUT2D eigenvalue weighted by atomic mass is 16.4. The number of benzene rings is 1. The molecule has 2 aromatic rings. The summed E-state index contributed by atoms with van der Waals surface area (Å²) in [7, 11) is 2.13. The molecule has 1 unspecified atom stereocenters. The molecule has 4 heteroatoms. The predicted octanol–water partition coefficient (Wildman–Crippen LogP) is 3.72. The molecule has 0 saturated carbocycles. The summed E-state index contributed by atoms with van der Waals surface area (Å²) in [4.78, 5) is 14.1. The maximum atomic E-state index is 11.8. The van der Waals surface area contributed by atoms with E-state index >= 15 is 0 Å². The van der Waals surface area contributed by atoms with Crippen LogP contribution in [0.5, 0.6) is 0 Å². The van der Waals surface area contributed by atoms with Gasteiger partial charge in [0.2, 0.25) is 0 Å². The van der Waals surface area contributed by atoms with Gasteiger partial charge in [0.15, 0.2) is 0 Å². The quantitative estimate of drug-likeness (QED) is 0.935. The van der Waals surface area contributed by atoms with Gasteiger partial charge in [0, 0.05) is 18.5 Å². The van der Waals surface area contributed by atoms with Crippen molar-refractivity contribution in [1.29, 1.82) is 0 Å². The number of carboxylic acid groups (broad SMARTS) is 1. The van der Waals surface area contributed by atoms with Crippen molar-refractivity contribution in [2.75, 3.05) is 20.1 Å². The lowest BCUT2D eigenvalue weighted by molar-refractivity contribution is 0.0684. The average Bonchev–Trinajstić information content (AvgIpc) is 3.02. The topological polar surface area (TPSA) is 45.5 Å². The molecule has 1 fully saturated rings. The number of likely N-dealkylation sites (tertiary alicyclic amines) is 1. The molecule has 1 atom stereocenters. The van der Waals surface area contributed by atoms with E-state index in [2.05, 4.69) is 49.4 Å². The van der Waals surface area contributed by atoms with E-state index in [1.807, 2.05) is 6.07 Å². The summed E-state index contributed by atoms with van der Waals surface area (Å²) in [5.41, 5.74) is 3.97. The second-order valence-electron chi connectivity index (χ2n) is 7.31. The minimum absolute atomic E-state index is 0.374. The van der Waals surface area contributed by atoms with E-state index in [0.717, 1.165) is 37.0 Å². The Morgan fingerprint density at radius 3 is 2.65 bits per heavy atom. The summed E-state index contributed by atoms with van der Waals surface area (Å²) in [5.74, 6) is 0.0638. The van der Waals surface area contributed by atoms with Crippen molar-refractivity contribution >= 4 is 16.9 Å². The van der Waals surface area contributed by atoms with Gasteiger partial charge >= 0.3 is 5.97 Å². The zero-order valence-corrected chi connectivity index (χ0v) is 14.5. The third-order valence-electron chi connectivity index (χ3n) is 4.94. The Balaban J connectivity index is 2.16. The minimum Gasteiger partial charge on any atom is -0.477 e. The van der Waals surface area contributed by atoms with Crippen molar-refractivity contribution in [2.45, 2.75) is 39.7 Å². The first-order chi connectivity index (χ1) is 10.9. The number of carbonyl (C=O) groups is 1. The van der Waals surface area contributed by atoms with Gasteiger partial charge in [-0.2, -0.15) is 0 Å². The molecule has 0 aliphatic carbocycles. The van der Waals surface area contributed by atoms with Crippen molar-refractivity contribution < 1.29 is 9.90 Å². The van der Waals surface area contributed by atoms with Crippen molar-refractivity contribution in [3.63, 3.8) is 0 Å². The largest absolute Gasteiger partial charge is 0.477 e. The molecule has 124 valence electrons. The van der Waals surface area contributed by atoms with Crippen LogP contribution in [-0.2, 0) is 6.54 Å². The molecule has 3 rings (SSSR count). The van der Waals surface area contributed by atoms with E-state index < -0.39 is 5.97 Å². The second-order valence-corrected chi connectivity index (χ2v) is 7.31. The third-order valence-corrected chi connectivity index (χ3v) is 4.94. The minimum atomic E-state index is -0.833. The van der Waals surface area contributed by atoms with Gasteiger partial charge in [0.05, 0.1) is 5.52 Å². The number of fused-ring (bicyclic) bond motifs is 1. The highest BCUT2D eigenvalue weighted by Gasteiger charge is 2.24. The van der Waals surface area contributed by atoms with Crippen LogP contribution in [0.2, 0.25) is 0 Å². The van der Waals surface area contributed by atoms with Crippen LogP contribution < -0.4 is 0 Å². The molecule has 1 aromatic carbocycles. The Labute approximate surface area is 137 Å². The molecule has 1 N–H and O–H groups in total. The van der Waals surface area contributed by atoms with Crippen molar-refractivity contribution in [3.05, 3.63) is 35.0 Å². The van der Waals surface area contributed by atoms with E-state index in [1.54, 1.807) is 0 Å². The number of aryl methyl sites for hydroxylation is 1. The van der Waals surface area contributed by atoms with Crippen LogP contribution in [0.1, 0.15) is 47.8 Å². The Kier molecular flexibility index (Phi) is 4.19. The van der Waals surface area contributed by atoms with Crippen LogP contribution in [0.4, 0.5) is 0 Å². The highest BCUT2D eigenvalue weighted by Crippen LogP contribution is 2.31. The number of aromatic nitrogens is 1. The molecule has 23 heavy (non-hydrogen) atoms. The van der Waals surface area contributed by atoms with Crippen molar-refractivity contribution in [2.24, 2.45) is 5.92 Å². The number of hydrogen-bond donors (Lipinski definition) is 1. The number of carboxylic acids is 1. The predicted molar refractivity (Wildman–Crippen MR) is 93.3 cm³/mol. The van der Waals surface area contributed by atoms with Gasteiger partial charge in [-0.3, -0.25) is 0 Å². The van der Waals surface area contributed by atoms with Crippen LogP contribution in [0.3, 0.4) is 0 Å². The van der Waals surface area contributed by atoms with Crippen LogP contribution in [0.25, 0.3) is 10.9 Å². The van der Waals surface area contributed by atoms with E-state index in [9.17, 15) is 9.90 Å². The van der Waals surface area contributed by atoms with Crippen LogP contribution in [0, 0.1) is 12.8 Å². The summed E-state index contributed by atoms with van der Waals surface area (Å²) in [5, 5.41) is 10.7. The van der Waals surface area contributed by atoms with Gasteiger partial charge in [0.25, 0.3) is 0 Å². The van der Waals surface area contributed by atoms with Gasteiger partial charge < -0.3 is 14.6 Å². The molecule has 0 spiro atoms. The number of hydrogen-bond acceptors (Lipinski definition) is 2. The standard InChI is InChI=1S/C19H26N2O2/c1-12(2)16-8-13(3)7-15-9-17(19(22)23)21(18(15)16)11-14-5-6-20(4)10-14/h7-9,12,14H,5-6,10-11H2,1-4H3,(H,22,23). The fourth-order valence-corrected chi connectivity index (χ4v) is 3.84. The Morgan fingerprint density at radius 2 is 2.09 bits per heavy atom. The number of rotatable bonds is 4. The lowest BCUT2D eigenvalue weighted by Gasteiger charge is -2.18. The van der Waals surface area contributed by atoms with Crippen molar-refractivity contribution in [1.82, 2.24) is 9.47 Å². The SMILES string of the molecule is Cc1cc(C(C)C)c2c(c1)cc(C(=O)O)n2CC1CCN(C)C1. The molecule has 0 radical (unpaired) electrons. The zero-order chi connectivity index (χ0) is 16.7. The first-order valence-corrected chi connectivity index (χ1v) is 8.42.